The molecule has 0 aliphatic carbocycles. The molecule has 0 fully saturated rings. The molecule has 0 spiro atoms. The summed E-state index contributed by atoms with van der Waals surface area (Å²) in [6.07, 6.45) is 0.460. The lowest BCUT2D eigenvalue weighted by Gasteiger charge is -2.27. The molecule has 0 saturated heterocycles. The van der Waals surface area contributed by atoms with E-state index in [4.69, 9.17) is 17.2 Å². The van der Waals surface area contributed by atoms with Crippen LogP contribution in [-0.4, -0.2) is 59.9 Å². The van der Waals surface area contributed by atoms with Crippen LogP contribution in [0.3, 0.4) is 0 Å². The number of rotatable bonds is 12. The maximum Gasteiger partial charge on any atom is 0.243 e. The van der Waals surface area contributed by atoms with Gasteiger partial charge in [-0.2, -0.15) is 0 Å². The zero-order valence-electron chi connectivity index (χ0n) is 16.5. The molecule has 0 heterocycles. The third-order valence-electron chi connectivity index (χ3n) is 4.06. The molecule has 0 aliphatic rings. The molecule has 0 aromatic carbocycles. The molecule has 0 bridgehead atoms. The van der Waals surface area contributed by atoms with Gasteiger partial charge in [0.2, 0.25) is 11.8 Å². The molecule has 0 saturated carbocycles. The van der Waals surface area contributed by atoms with Crippen molar-refractivity contribution in [3.63, 3.8) is 0 Å². The highest BCUT2D eigenvalue weighted by atomic mass is 16.3. The topological polar surface area (TPSA) is 186 Å². The highest BCUT2D eigenvalue weighted by Gasteiger charge is 2.31. The fourth-order valence-corrected chi connectivity index (χ4v) is 2.32. The van der Waals surface area contributed by atoms with E-state index < -0.39 is 36.0 Å². The quantitative estimate of drug-likeness (QED) is 0.0988. The first-order valence-electron chi connectivity index (χ1n) is 9.06. The van der Waals surface area contributed by atoms with Crippen molar-refractivity contribution in [2.45, 2.75) is 64.8 Å². The molecular formula is C17H34N6O4. The number of aliphatic hydroxyl groups is 1. The lowest BCUT2D eigenvalue weighted by molar-refractivity contribution is -0.133. The Morgan fingerprint density at radius 3 is 2.11 bits per heavy atom. The molecule has 10 heteroatoms. The van der Waals surface area contributed by atoms with Gasteiger partial charge in [-0.1, -0.05) is 27.7 Å². The predicted octanol–water partition coefficient (Wildman–Crippen LogP) is -1.79. The lowest BCUT2D eigenvalue weighted by atomic mass is 9.98. The van der Waals surface area contributed by atoms with Crippen LogP contribution in [0.5, 0.6) is 0 Å². The zero-order valence-corrected chi connectivity index (χ0v) is 16.5. The summed E-state index contributed by atoms with van der Waals surface area (Å²) in [5, 5.41) is 15.1. The Labute approximate surface area is 160 Å². The number of carbonyl (C=O) groups excluding carboxylic acids is 3. The van der Waals surface area contributed by atoms with Gasteiger partial charge in [-0.25, -0.2) is 0 Å². The highest BCUT2D eigenvalue weighted by molar-refractivity contribution is 5.91. The van der Waals surface area contributed by atoms with Crippen molar-refractivity contribution in [3.8, 4) is 0 Å². The molecule has 0 aliphatic heterocycles. The van der Waals surface area contributed by atoms with Crippen LogP contribution in [0, 0.1) is 11.8 Å². The van der Waals surface area contributed by atoms with Gasteiger partial charge in [-0.3, -0.25) is 14.6 Å². The van der Waals surface area contributed by atoms with Crippen LogP contribution in [0.15, 0.2) is 4.99 Å². The van der Waals surface area contributed by atoms with E-state index in [0.717, 1.165) is 0 Å². The number of aliphatic imine (C=N–C) groups is 1. The van der Waals surface area contributed by atoms with Crippen LogP contribution < -0.4 is 27.8 Å². The van der Waals surface area contributed by atoms with E-state index in [2.05, 4.69) is 15.6 Å². The third kappa shape index (κ3) is 9.34. The predicted molar refractivity (Wildman–Crippen MR) is 103 cm³/mol. The molecule has 27 heavy (non-hydrogen) atoms. The summed E-state index contributed by atoms with van der Waals surface area (Å²) in [4.78, 5) is 39.8. The molecule has 0 unspecified atom stereocenters. The first kappa shape index (κ1) is 24.8. The van der Waals surface area contributed by atoms with Gasteiger partial charge < -0.3 is 37.7 Å². The fraction of sp³-hybridized carbons (Fsp3) is 0.765. The molecular weight excluding hydrogens is 352 g/mol. The van der Waals surface area contributed by atoms with Gasteiger partial charge in [0.05, 0.1) is 12.1 Å². The minimum absolute atomic E-state index is 0.0378. The van der Waals surface area contributed by atoms with E-state index in [9.17, 15) is 19.5 Å². The molecule has 0 radical (unpaired) electrons. The van der Waals surface area contributed by atoms with E-state index in [-0.39, 0.29) is 17.8 Å². The van der Waals surface area contributed by atoms with E-state index >= 15 is 0 Å². The van der Waals surface area contributed by atoms with E-state index in [0.29, 0.717) is 25.7 Å². The largest absolute Gasteiger partial charge is 0.391 e. The number of hydrogen-bond donors (Lipinski definition) is 6. The Morgan fingerprint density at radius 1 is 1.07 bits per heavy atom. The molecule has 0 aromatic heterocycles. The van der Waals surface area contributed by atoms with Crippen LogP contribution >= 0.6 is 0 Å². The third-order valence-corrected chi connectivity index (χ3v) is 4.06. The Kier molecular flexibility index (Phi) is 11.2. The Bertz CT molecular complexity index is 520. The van der Waals surface area contributed by atoms with Gasteiger partial charge in [0.1, 0.15) is 18.4 Å². The minimum Gasteiger partial charge on any atom is -0.391 e. The smallest absolute Gasteiger partial charge is 0.243 e. The molecule has 2 amide bonds. The van der Waals surface area contributed by atoms with Crippen molar-refractivity contribution in [1.82, 2.24) is 10.6 Å². The van der Waals surface area contributed by atoms with Crippen molar-refractivity contribution >= 4 is 24.1 Å². The zero-order chi connectivity index (χ0) is 21.1. The summed E-state index contributed by atoms with van der Waals surface area (Å²) >= 11 is 0. The monoisotopic (exact) mass is 386 g/mol. The summed E-state index contributed by atoms with van der Waals surface area (Å²) in [5.74, 6) is -1.61. The van der Waals surface area contributed by atoms with Gasteiger partial charge in [0.25, 0.3) is 0 Å². The number of aldehydes is 1. The van der Waals surface area contributed by atoms with Crippen molar-refractivity contribution in [2.75, 3.05) is 6.54 Å². The Balaban J connectivity index is 4.84. The maximum atomic E-state index is 12.5. The molecule has 4 atom stereocenters. The molecule has 0 rings (SSSR count). The Morgan fingerprint density at radius 2 is 1.67 bits per heavy atom. The summed E-state index contributed by atoms with van der Waals surface area (Å²) in [7, 11) is 0. The SMILES string of the molecule is CC(C)[C@H](NC(=O)[C@@H](N)[C@H](O)C(C)C)C(=O)N[C@@H](C=O)CCCN=C(N)N. The lowest BCUT2D eigenvalue weighted by Crippen LogP contribution is -2.58. The van der Waals surface area contributed by atoms with Gasteiger partial charge in [0.15, 0.2) is 5.96 Å². The number of nitrogens with zero attached hydrogens (tertiary/aromatic N) is 1. The number of nitrogens with two attached hydrogens (primary N) is 3. The van der Waals surface area contributed by atoms with Crippen LogP contribution in [0.1, 0.15) is 40.5 Å². The Hall–Kier alpha value is -2.20. The number of aliphatic hydroxyl groups excluding tert-OH is 1. The van der Waals surface area contributed by atoms with Crippen LogP contribution in [0.25, 0.3) is 0 Å². The first-order valence-corrected chi connectivity index (χ1v) is 9.06. The van der Waals surface area contributed by atoms with Crippen LogP contribution in [0.4, 0.5) is 0 Å². The van der Waals surface area contributed by atoms with E-state index in [1.165, 1.54) is 0 Å². The van der Waals surface area contributed by atoms with E-state index in [1.807, 2.05) is 0 Å². The molecule has 10 nitrogen and oxygen atoms in total. The summed E-state index contributed by atoms with van der Waals surface area (Å²) in [6, 6.07) is -2.76. The number of hydrogen-bond acceptors (Lipinski definition) is 6. The highest BCUT2D eigenvalue weighted by Crippen LogP contribution is 2.08. The second kappa shape index (κ2) is 12.2. The van der Waals surface area contributed by atoms with Crippen LogP contribution in [-0.2, 0) is 14.4 Å². The number of carbonyl (C=O) groups is 3. The number of guanidine groups is 1. The van der Waals surface area contributed by atoms with Crippen LogP contribution in [0.2, 0.25) is 0 Å². The van der Waals surface area contributed by atoms with Gasteiger partial charge >= 0.3 is 0 Å². The minimum atomic E-state index is -1.15. The molecule has 156 valence electrons. The summed E-state index contributed by atoms with van der Waals surface area (Å²) < 4.78 is 0. The summed E-state index contributed by atoms with van der Waals surface area (Å²) in [6.45, 7) is 7.32. The molecule has 9 N–H and O–H groups in total. The second-order valence-electron chi connectivity index (χ2n) is 7.19. The van der Waals surface area contributed by atoms with Crippen molar-refractivity contribution < 1.29 is 19.5 Å². The first-order chi connectivity index (χ1) is 12.5. The molecule has 0 aromatic rings. The average Bonchev–Trinajstić information content (AvgIpc) is 2.59. The standard InChI is InChI=1S/C17H34N6O4/c1-9(2)13(23-15(26)12(18)14(25)10(3)4)16(27)22-11(8-24)6-5-7-21-17(19)20/h8-14,25H,5-7,18H2,1-4H3,(H,22,27)(H,23,26)(H4,19,20,21)/t11-,12+,13+,14-/m1/s1. The van der Waals surface area contributed by atoms with Gasteiger partial charge in [-0.05, 0) is 24.7 Å². The normalized spacial score (nSPS) is 15.6. The summed E-state index contributed by atoms with van der Waals surface area (Å²) in [5.41, 5.74) is 16.2. The second-order valence-corrected chi connectivity index (χ2v) is 7.19. The van der Waals surface area contributed by atoms with E-state index in [1.54, 1.807) is 27.7 Å². The maximum absolute atomic E-state index is 12.5. The van der Waals surface area contributed by atoms with Gasteiger partial charge in [-0.15, -0.1) is 0 Å². The van der Waals surface area contributed by atoms with Gasteiger partial charge in [0, 0.05) is 6.54 Å². The fourth-order valence-electron chi connectivity index (χ4n) is 2.32. The number of amides is 2. The average molecular weight is 386 g/mol. The van der Waals surface area contributed by atoms with Crippen molar-refractivity contribution in [1.29, 1.82) is 0 Å². The number of nitrogens with one attached hydrogen (secondary N) is 2. The van der Waals surface area contributed by atoms with Crippen molar-refractivity contribution in [2.24, 2.45) is 34.0 Å². The van der Waals surface area contributed by atoms with Crippen molar-refractivity contribution in [3.05, 3.63) is 0 Å².